The number of carbonyl (C=O) groups excluding carboxylic acids is 1. The first kappa shape index (κ1) is 12.3. The van der Waals surface area contributed by atoms with Crippen molar-refractivity contribution < 1.29 is 14.3 Å². The van der Waals surface area contributed by atoms with Gasteiger partial charge >= 0.3 is 5.97 Å². The summed E-state index contributed by atoms with van der Waals surface area (Å²) in [5.41, 5.74) is 1.79. The minimum absolute atomic E-state index is 0.146. The van der Waals surface area contributed by atoms with Crippen molar-refractivity contribution in [3.8, 4) is 5.75 Å². The Morgan fingerprint density at radius 1 is 1.58 bits per heavy atom. The molecule has 0 amide bonds. The number of fused-ring (bicyclic) bond motifs is 1. The number of rotatable bonds is 4. The molecule has 1 atom stereocenters. The maximum absolute atomic E-state index is 11.4. The number of carbonyl (C=O) groups is 1. The van der Waals surface area contributed by atoms with Crippen molar-refractivity contribution >= 4 is 28.8 Å². The van der Waals surface area contributed by atoms with E-state index in [0.29, 0.717) is 13.2 Å². The minimum Gasteiger partial charge on any atom is -0.494 e. The fourth-order valence-corrected chi connectivity index (χ4v) is 2.96. The molecule has 0 saturated carbocycles. The lowest BCUT2D eigenvalue weighted by atomic mass is 10.3. The Morgan fingerprint density at radius 2 is 2.47 bits per heavy atom. The number of nitrogens with one attached hydrogen (secondary N) is 1. The van der Waals surface area contributed by atoms with Crippen LogP contribution in [0.3, 0.4) is 0 Å². The average Bonchev–Trinajstić information content (AvgIpc) is 2.96. The summed E-state index contributed by atoms with van der Waals surface area (Å²) < 4.78 is 10.4. The maximum Gasteiger partial charge on any atom is 0.319 e. The first-order valence-electron chi connectivity index (χ1n) is 6.22. The topological polar surface area (TPSA) is 64.2 Å². The summed E-state index contributed by atoms with van der Waals surface area (Å²) in [5, 5.41) is 0.597. The second-order valence-electron chi connectivity index (χ2n) is 4.22. The van der Waals surface area contributed by atoms with Crippen LogP contribution in [0.1, 0.15) is 13.3 Å². The zero-order valence-corrected chi connectivity index (χ0v) is 11.3. The van der Waals surface area contributed by atoms with Gasteiger partial charge in [0.25, 0.3) is 0 Å². The first-order valence-corrected chi connectivity index (χ1v) is 7.10. The van der Waals surface area contributed by atoms with E-state index in [2.05, 4.69) is 9.97 Å². The molecule has 1 saturated heterocycles. The molecular formula is C13H14N2O3S. The van der Waals surface area contributed by atoms with E-state index >= 15 is 0 Å². The van der Waals surface area contributed by atoms with Crippen LogP contribution in [0.4, 0.5) is 0 Å². The molecule has 1 aliphatic rings. The van der Waals surface area contributed by atoms with Gasteiger partial charge in [0.2, 0.25) is 0 Å². The van der Waals surface area contributed by atoms with E-state index in [9.17, 15) is 4.79 Å². The third-order valence-electron chi connectivity index (χ3n) is 2.88. The van der Waals surface area contributed by atoms with Crippen LogP contribution in [-0.4, -0.2) is 34.4 Å². The van der Waals surface area contributed by atoms with Gasteiger partial charge in [-0.25, -0.2) is 4.98 Å². The molecule has 1 N–H and O–H groups in total. The Morgan fingerprint density at radius 3 is 3.21 bits per heavy atom. The second kappa shape index (κ2) is 5.13. The van der Waals surface area contributed by atoms with Crippen LogP contribution in [0.2, 0.25) is 0 Å². The normalized spacial score (nSPS) is 18.8. The lowest BCUT2D eigenvalue weighted by Gasteiger charge is -2.01. The summed E-state index contributed by atoms with van der Waals surface area (Å²) in [7, 11) is 0. The van der Waals surface area contributed by atoms with E-state index in [4.69, 9.17) is 9.47 Å². The molecule has 1 aromatic carbocycles. The van der Waals surface area contributed by atoms with E-state index in [1.165, 1.54) is 11.8 Å². The number of benzene rings is 1. The smallest absolute Gasteiger partial charge is 0.319 e. The standard InChI is InChI=1S/C13H14N2O3S/c1-2-17-8-3-4-9-10(7-8)15-13(14-9)19-11-5-6-18-12(11)16/h3-4,7,11H,2,5-6H2,1H3,(H,14,15). The predicted octanol–water partition coefficient (Wildman–Crippen LogP) is 2.37. The van der Waals surface area contributed by atoms with E-state index in [0.717, 1.165) is 28.4 Å². The van der Waals surface area contributed by atoms with Crippen molar-refractivity contribution in [2.45, 2.75) is 23.8 Å². The van der Waals surface area contributed by atoms with Gasteiger partial charge in [-0.15, -0.1) is 0 Å². The molecule has 2 aromatic rings. The van der Waals surface area contributed by atoms with Gasteiger partial charge in [0.1, 0.15) is 11.0 Å². The minimum atomic E-state index is -0.152. The summed E-state index contributed by atoms with van der Waals surface area (Å²) in [5.74, 6) is 0.663. The number of hydrogen-bond donors (Lipinski definition) is 1. The molecular weight excluding hydrogens is 264 g/mol. The Kier molecular flexibility index (Phi) is 3.33. The van der Waals surface area contributed by atoms with Gasteiger partial charge in [0.15, 0.2) is 5.16 Å². The molecule has 2 heterocycles. The molecule has 19 heavy (non-hydrogen) atoms. The number of H-pyrrole nitrogens is 1. The highest BCUT2D eigenvalue weighted by Gasteiger charge is 2.28. The van der Waals surface area contributed by atoms with Crippen molar-refractivity contribution in [1.29, 1.82) is 0 Å². The van der Waals surface area contributed by atoms with Crippen LogP contribution in [0.5, 0.6) is 5.75 Å². The van der Waals surface area contributed by atoms with Crippen LogP contribution in [0, 0.1) is 0 Å². The lowest BCUT2D eigenvalue weighted by molar-refractivity contribution is -0.137. The van der Waals surface area contributed by atoms with Gasteiger partial charge in [-0.05, 0) is 19.1 Å². The number of hydrogen-bond acceptors (Lipinski definition) is 5. The molecule has 6 heteroatoms. The molecule has 5 nitrogen and oxygen atoms in total. The monoisotopic (exact) mass is 278 g/mol. The Balaban J connectivity index is 1.82. The number of esters is 1. The Bertz CT molecular complexity index is 611. The van der Waals surface area contributed by atoms with Crippen molar-refractivity contribution in [3.63, 3.8) is 0 Å². The summed E-state index contributed by atoms with van der Waals surface area (Å²) in [6.45, 7) is 3.09. The average molecular weight is 278 g/mol. The Labute approximate surface area is 114 Å². The van der Waals surface area contributed by atoms with Crippen molar-refractivity contribution in [2.24, 2.45) is 0 Å². The molecule has 1 unspecified atom stereocenters. The number of cyclic esters (lactones) is 1. The summed E-state index contributed by atoms with van der Waals surface area (Å²) in [4.78, 5) is 19.1. The second-order valence-corrected chi connectivity index (χ2v) is 5.41. The van der Waals surface area contributed by atoms with E-state index in [1.807, 2.05) is 25.1 Å². The molecule has 1 fully saturated rings. The van der Waals surface area contributed by atoms with E-state index in [-0.39, 0.29) is 11.2 Å². The molecule has 100 valence electrons. The van der Waals surface area contributed by atoms with Gasteiger partial charge in [-0.3, -0.25) is 4.79 Å². The zero-order valence-electron chi connectivity index (χ0n) is 10.5. The van der Waals surface area contributed by atoms with Gasteiger partial charge < -0.3 is 14.5 Å². The SMILES string of the molecule is CCOc1ccc2nc(SC3CCOC3=O)[nH]c2c1. The fraction of sp³-hybridized carbons (Fsp3) is 0.385. The van der Waals surface area contributed by atoms with Crippen molar-refractivity contribution in [1.82, 2.24) is 9.97 Å². The first-order chi connectivity index (χ1) is 9.26. The quantitative estimate of drug-likeness (QED) is 0.870. The van der Waals surface area contributed by atoms with Gasteiger partial charge in [-0.1, -0.05) is 11.8 Å². The molecule has 1 aromatic heterocycles. The van der Waals surface area contributed by atoms with Crippen LogP contribution < -0.4 is 4.74 Å². The highest BCUT2D eigenvalue weighted by molar-refractivity contribution is 8.00. The number of thioether (sulfide) groups is 1. The molecule has 0 radical (unpaired) electrons. The van der Waals surface area contributed by atoms with Crippen molar-refractivity contribution in [2.75, 3.05) is 13.2 Å². The van der Waals surface area contributed by atoms with Gasteiger partial charge in [0.05, 0.1) is 24.2 Å². The summed E-state index contributed by atoms with van der Waals surface area (Å²) in [6.07, 6.45) is 0.741. The molecule has 1 aliphatic heterocycles. The van der Waals surface area contributed by atoms with Crippen LogP contribution in [0.25, 0.3) is 11.0 Å². The summed E-state index contributed by atoms with van der Waals surface area (Å²) >= 11 is 1.42. The predicted molar refractivity (Wildman–Crippen MR) is 72.5 cm³/mol. The lowest BCUT2D eigenvalue weighted by Crippen LogP contribution is -2.09. The third kappa shape index (κ3) is 2.53. The number of aromatic amines is 1. The summed E-state index contributed by atoms with van der Waals surface area (Å²) in [6, 6.07) is 5.72. The molecule has 3 rings (SSSR count). The van der Waals surface area contributed by atoms with Crippen LogP contribution in [-0.2, 0) is 9.53 Å². The van der Waals surface area contributed by atoms with Gasteiger partial charge in [0, 0.05) is 12.5 Å². The number of nitrogens with zero attached hydrogens (tertiary/aromatic N) is 1. The highest BCUT2D eigenvalue weighted by Crippen LogP contribution is 2.29. The molecule has 0 spiro atoms. The Hall–Kier alpha value is -1.69. The molecule has 0 aliphatic carbocycles. The van der Waals surface area contributed by atoms with E-state index < -0.39 is 0 Å². The van der Waals surface area contributed by atoms with Gasteiger partial charge in [-0.2, -0.15) is 0 Å². The number of imidazole rings is 1. The van der Waals surface area contributed by atoms with Crippen LogP contribution >= 0.6 is 11.8 Å². The third-order valence-corrected chi connectivity index (χ3v) is 4.01. The van der Waals surface area contributed by atoms with Crippen LogP contribution in [0.15, 0.2) is 23.4 Å². The zero-order chi connectivity index (χ0) is 13.2. The molecule has 0 bridgehead atoms. The van der Waals surface area contributed by atoms with E-state index in [1.54, 1.807) is 0 Å². The number of ether oxygens (including phenoxy) is 2. The fourth-order valence-electron chi connectivity index (χ4n) is 2.00. The largest absolute Gasteiger partial charge is 0.494 e. The highest BCUT2D eigenvalue weighted by atomic mass is 32.2. The van der Waals surface area contributed by atoms with Crippen molar-refractivity contribution in [3.05, 3.63) is 18.2 Å². The maximum atomic E-state index is 11.4. The number of aromatic nitrogens is 2.